The number of para-hydroxylation sites is 1. The number of esters is 1. The minimum Gasteiger partial charge on any atom is -0.452 e. The number of hydrogen-bond acceptors (Lipinski definition) is 4. The van der Waals surface area contributed by atoms with Gasteiger partial charge in [-0.25, -0.2) is 4.79 Å². The highest BCUT2D eigenvalue weighted by molar-refractivity contribution is 6.05. The SMILES string of the molecule is CC1CCc2nc3ccccc3c(C(=O)OCC(=O)NC3CCCc4ccccc43)c2C1. The molecule has 5 rings (SSSR count). The number of pyridine rings is 1. The van der Waals surface area contributed by atoms with Crippen molar-refractivity contribution in [1.29, 1.82) is 0 Å². The monoisotopic (exact) mass is 428 g/mol. The van der Waals surface area contributed by atoms with Crippen molar-refractivity contribution < 1.29 is 14.3 Å². The van der Waals surface area contributed by atoms with Crippen molar-refractivity contribution in [2.75, 3.05) is 6.61 Å². The summed E-state index contributed by atoms with van der Waals surface area (Å²) in [5.41, 5.74) is 5.79. The van der Waals surface area contributed by atoms with Crippen LogP contribution in [-0.4, -0.2) is 23.5 Å². The van der Waals surface area contributed by atoms with Crippen LogP contribution >= 0.6 is 0 Å². The second-order valence-electron chi connectivity index (χ2n) is 9.06. The second kappa shape index (κ2) is 8.73. The molecule has 0 fully saturated rings. The lowest BCUT2D eigenvalue weighted by Gasteiger charge is -2.26. The third kappa shape index (κ3) is 3.99. The fourth-order valence-electron chi connectivity index (χ4n) is 5.14. The zero-order chi connectivity index (χ0) is 22.1. The van der Waals surface area contributed by atoms with Crippen LogP contribution in [0.1, 0.15) is 65.0 Å². The Morgan fingerprint density at radius 1 is 1.06 bits per heavy atom. The Bertz CT molecular complexity index is 1190. The Labute approximate surface area is 188 Å². The lowest BCUT2D eigenvalue weighted by molar-refractivity contribution is -0.125. The quantitative estimate of drug-likeness (QED) is 0.611. The van der Waals surface area contributed by atoms with Crippen LogP contribution in [0.2, 0.25) is 0 Å². The van der Waals surface area contributed by atoms with Gasteiger partial charge >= 0.3 is 5.97 Å². The van der Waals surface area contributed by atoms with Crippen molar-refractivity contribution in [1.82, 2.24) is 10.3 Å². The molecule has 1 aromatic heterocycles. The topological polar surface area (TPSA) is 68.3 Å². The van der Waals surface area contributed by atoms with Crippen LogP contribution in [0.5, 0.6) is 0 Å². The molecule has 0 spiro atoms. The highest BCUT2D eigenvalue weighted by atomic mass is 16.5. The second-order valence-corrected chi connectivity index (χ2v) is 9.06. The number of nitrogens with zero attached hydrogens (tertiary/aromatic N) is 1. The zero-order valence-electron chi connectivity index (χ0n) is 18.4. The molecule has 2 aliphatic rings. The van der Waals surface area contributed by atoms with Crippen LogP contribution in [0.25, 0.3) is 10.9 Å². The van der Waals surface area contributed by atoms with Crippen LogP contribution in [0.15, 0.2) is 48.5 Å². The molecule has 1 N–H and O–H groups in total. The molecule has 0 saturated carbocycles. The summed E-state index contributed by atoms with van der Waals surface area (Å²) in [5.74, 6) is -0.208. The van der Waals surface area contributed by atoms with Gasteiger partial charge in [0.15, 0.2) is 6.61 Å². The minimum atomic E-state index is -0.437. The standard InChI is InChI=1S/C27H28N2O3/c1-17-13-14-24-21(15-17)26(20-10-4-5-11-23(20)28-24)27(31)32-16-25(30)29-22-12-6-8-18-7-2-3-9-19(18)22/h2-5,7,9-11,17,22H,6,8,12-16H2,1H3,(H,29,30). The Morgan fingerprint density at radius 3 is 2.78 bits per heavy atom. The predicted molar refractivity (Wildman–Crippen MR) is 123 cm³/mol. The largest absolute Gasteiger partial charge is 0.452 e. The number of hydrogen-bond donors (Lipinski definition) is 1. The van der Waals surface area contributed by atoms with E-state index < -0.39 is 5.97 Å². The van der Waals surface area contributed by atoms with Crippen molar-refractivity contribution in [3.8, 4) is 0 Å². The fraction of sp³-hybridized carbons (Fsp3) is 0.370. The van der Waals surface area contributed by atoms with Crippen molar-refractivity contribution in [2.45, 2.75) is 51.5 Å². The van der Waals surface area contributed by atoms with Gasteiger partial charge in [0.05, 0.1) is 17.1 Å². The first kappa shape index (κ1) is 20.7. The lowest BCUT2D eigenvalue weighted by atomic mass is 9.84. The smallest absolute Gasteiger partial charge is 0.339 e. The predicted octanol–water partition coefficient (Wildman–Crippen LogP) is 4.71. The van der Waals surface area contributed by atoms with Crippen LogP contribution in [0.3, 0.4) is 0 Å². The number of aryl methyl sites for hydroxylation is 2. The van der Waals surface area contributed by atoms with E-state index in [1.54, 1.807) is 0 Å². The van der Waals surface area contributed by atoms with E-state index in [0.717, 1.165) is 60.7 Å². The van der Waals surface area contributed by atoms with E-state index in [4.69, 9.17) is 9.72 Å². The number of fused-ring (bicyclic) bond motifs is 3. The Kier molecular flexibility index (Phi) is 5.64. The van der Waals surface area contributed by atoms with Gasteiger partial charge in [0.25, 0.3) is 5.91 Å². The molecule has 1 amide bonds. The molecule has 0 bridgehead atoms. The van der Waals surface area contributed by atoms with E-state index in [1.807, 2.05) is 36.4 Å². The van der Waals surface area contributed by atoms with E-state index in [9.17, 15) is 9.59 Å². The van der Waals surface area contributed by atoms with E-state index in [1.165, 1.54) is 11.1 Å². The average Bonchev–Trinajstić information content (AvgIpc) is 2.81. The molecule has 2 atom stereocenters. The maximum absolute atomic E-state index is 13.2. The molecule has 32 heavy (non-hydrogen) atoms. The number of amides is 1. The Morgan fingerprint density at radius 2 is 1.88 bits per heavy atom. The van der Waals surface area contributed by atoms with Gasteiger partial charge in [-0.1, -0.05) is 49.4 Å². The summed E-state index contributed by atoms with van der Waals surface area (Å²) < 4.78 is 5.55. The summed E-state index contributed by atoms with van der Waals surface area (Å²) in [7, 11) is 0. The van der Waals surface area contributed by atoms with Crippen LogP contribution in [0.4, 0.5) is 0 Å². The van der Waals surface area contributed by atoms with E-state index in [-0.39, 0.29) is 18.6 Å². The molecule has 5 nitrogen and oxygen atoms in total. The molecule has 0 aliphatic heterocycles. The zero-order valence-corrected chi connectivity index (χ0v) is 18.4. The Balaban J connectivity index is 1.34. The molecule has 164 valence electrons. The van der Waals surface area contributed by atoms with Gasteiger partial charge in [-0.15, -0.1) is 0 Å². The van der Waals surface area contributed by atoms with Crippen molar-refractivity contribution in [3.05, 3.63) is 76.5 Å². The molecular weight excluding hydrogens is 400 g/mol. The van der Waals surface area contributed by atoms with Crippen molar-refractivity contribution in [2.24, 2.45) is 5.92 Å². The number of carbonyl (C=O) groups excluding carboxylic acids is 2. The van der Waals surface area contributed by atoms with Crippen LogP contribution in [-0.2, 0) is 28.8 Å². The first-order valence-corrected chi connectivity index (χ1v) is 11.5. The van der Waals surface area contributed by atoms with E-state index in [2.05, 4.69) is 24.4 Å². The van der Waals surface area contributed by atoms with E-state index >= 15 is 0 Å². The molecule has 0 radical (unpaired) electrons. The van der Waals surface area contributed by atoms with Crippen LogP contribution in [0, 0.1) is 5.92 Å². The molecule has 3 aromatic rings. The third-order valence-corrected chi connectivity index (χ3v) is 6.75. The van der Waals surface area contributed by atoms with Gasteiger partial charge in [-0.3, -0.25) is 9.78 Å². The number of aromatic nitrogens is 1. The number of carbonyl (C=O) groups is 2. The molecular formula is C27H28N2O3. The molecule has 2 aromatic carbocycles. The molecule has 2 aliphatic carbocycles. The molecule has 5 heteroatoms. The van der Waals surface area contributed by atoms with Gasteiger partial charge in [-0.05, 0) is 67.2 Å². The average molecular weight is 429 g/mol. The fourth-order valence-corrected chi connectivity index (χ4v) is 5.14. The Hall–Kier alpha value is -3.21. The van der Waals surface area contributed by atoms with Gasteiger partial charge < -0.3 is 10.1 Å². The lowest BCUT2D eigenvalue weighted by Crippen LogP contribution is -2.34. The van der Waals surface area contributed by atoms with Gasteiger partial charge in [0, 0.05) is 11.1 Å². The minimum absolute atomic E-state index is 0.0264. The summed E-state index contributed by atoms with van der Waals surface area (Å²) in [4.78, 5) is 30.7. The summed E-state index contributed by atoms with van der Waals surface area (Å²) in [6.07, 6.45) is 5.71. The highest BCUT2D eigenvalue weighted by Gasteiger charge is 2.27. The van der Waals surface area contributed by atoms with Gasteiger partial charge in [0.2, 0.25) is 0 Å². The van der Waals surface area contributed by atoms with Crippen LogP contribution < -0.4 is 5.32 Å². The molecule has 1 heterocycles. The van der Waals surface area contributed by atoms with Crippen molar-refractivity contribution in [3.63, 3.8) is 0 Å². The summed E-state index contributed by atoms with van der Waals surface area (Å²) in [5, 5.41) is 3.86. The number of nitrogens with one attached hydrogen (secondary N) is 1. The van der Waals surface area contributed by atoms with Crippen molar-refractivity contribution >= 4 is 22.8 Å². The first-order valence-electron chi connectivity index (χ1n) is 11.5. The molecule has 0 saturated heterocycles. The highest BCUT2D eigenvalue weighted by Crippen LogP contribution is 2.32. The first-order chi connectivity index (χ1) is 15.6. The maximum atomic E-state index is 13.2. The summed E-state index contributed by atoms with van der Waals surface area (Å²) in [6.45, 7) is 1.92. The van der Waals surface area contributed by atoms with Gasteiger partial charge in [-0.2, -0.15) is 0 Å². The third-order valence-electron chi connectivity index (χ3n) is 6.75. The van der Waals surface area contributed by atoms with E-state index in [0.29, 0.717) is 11.5 Å². The maximum Gasteiger partial charge on any atom is 0.339 e. The summed E-state index contributed by atoms with van der Waals surface area (Å²) >= 11 is 0. The number of benzene rings is 2. The number of rotatable bonds is 4. The number of ether oxygens (including phenoxy) is 1. The molecule has 2 unspecified atom stereocenters. The normalized spacial score (nSPS) is 19.7. The summed E-state index contributed by atoms with van der Waals surface area (Å²) in [6, 6.07) is 15.9. The van der Waals surface area contributed by atoms with Gasteiger partial charge in [0.1, 0.15) is 0 Å².